The molecule has 0 bridgehead atoms. The number of carbonyl (C=O) groups is 1. The molecule has 5 heteroatoms. The average Bonchev–Trinajstić information content (AvgIpc) is 3.10. The summed E-state index contributed by atoms with van der Waals surface area (Å²) < 4.78 is 6.40. The lowest BCUT2D eigenvalue weighted by Crippen LogP contribution is -2.35. The van der Waals surface area contributed by atoms with E-state index in [4.69, 9.17) is 4.74 Å². The second kappa shape index (κ2) is 5.85. The van der Waals surface area contributed by atoms with E-state index in [1.165, 1.54) is 5.56 Å². The smallest absolute Gasteiger partial charge is 0.229 e. The molecular formula is C14H16BrNO2S. The summed E-state index contributed by atoms with van der Waals surface area (Å²) in [5.41, 5.74) is 1.21. The second-order valence-electron chi connectivity index (χ2n) is 4.87. The number of hydrogen-bond donors (Lipinski definition) is 0. The maximum atomic E-state index is 12.5. The minimum atomic E-state index is 0.0663. The van der Waals surface area contributed by atoms with Gasteiger partial charge in [-0.3, -0.25) is 4.79 Å². The standard InChI is InChI=1S/C14H16BrNO2S/c15-12-3-1-10(2-4-12)14-16(6-8-19-14)13(17)11-5-7-18-9-11/h1-4,11,14H,5-9H2. The Kier molecular flexibility index (Phi) is 4.15. The molecule has 102 valence electrons. The number of benzene rings is 1. The zero-order valence-corrected chi connectivity index (χ0v) is 13.0. The molecule has 1 amide bonds. The number of carbonyl (C=O) groups excluding carboxylic acids is 1. The van der Waals surface area contributed by atoms with Crippen LogP contribution in [0.3, 0.4) is 0 Å². The van der Waals surface area contributed by atoms with Crippen molar-refractivity contribution < 1.29 is 9.53 Å². The molecule has 2 heterocycles. The van der Waals surface area contributed by atoms with Crippen molar-refractivity contribution in [3.8, 4) is 0 Å². The van der Waals surface area contributed by atoms with Crippen LogP contribution in [-0.2, 0) is 9.53 Å². The third-order valence-electron chi connectivity index (χ3n) is 3.61. The maximum absolute atomic E-state index is 12.5. The van der Waals surface area contributed by atoms with Crippen molar-refractivity contribution in [2.75, 3.05) is 25.5 Å². The topological polar surface area (TPSA) is 29.5 Å². The predicted molar refractivity (Wildman–Crippen MR) is 80.0 cm³/mol. The van der Waals surface area contributed by atoms with E-state index in [9.17, 15) is 4.79 Å². The van der Waals surface area contributed by atoms with Crippen molar-refractivity contribution in [1.29, 1.82) is 0 Å². The molecule has 0 radical (unpaired) electrons. The van der Waals surface area contributed by atoms with Gasteiger partial charge in [0.25, 0.3) is 0 Å². The zero-order chi connectivity index (χ0) is 13.2. The van der Waals surface area contributed by atoms with Gasteiger partial charge in [0, 0.05) is 23.4 Å². The third kappa shape index (κ3) is 2.83. The largest absolute Gasteiger partial charge is 0.381 e. The molecular weight excluding hydrogens is 326 g/mol. The predicted octanol–water partition coefficient (Wildman–Crippen LogP) is 3.06. The normalized spacial score (nSPS) is 26.9. The molecule has 2 fully saturated rings. The van der Waals surface area contributed by atoms with Crippen LogP contribution in [0, 0.1) is 5.92 Å². The van der Waals surface area contributed by atoms with Crippen molar-refractivity contribution >= 4 is 33.6 Å². The summed E-state index contributed by atoms with van der Waals surface area (Å²) in [5.74, 6) is 1.34. The molecule has 0 aliphatic carbocycles. The molecule has 1 aromatic carbocycles. The molecule has 3 nitrogen and oxygen atoms in total. The first-order valence-corrected chi connectivity index (χ1v) is 8.35. The van der Waals surface area contributed by atoms with E-state index in [2.05, 4.69) is 28.1 Å². The Balaban J connectivity index is 1.77. The lowest BCUT2D eigenvalue weighted by molar-refractivity contribution is -0.135. The van der Waals surface area contributed by atoms with Crippen molar-refractivity contribution in [2.24, 2.45) is 5.92 Å². The van der Waals surface area contributed by atoms with Gasteiger partial charge >= 0.3 is 0 Å². The zero-order valence-electron chi connectivity index (χ0n) is 10.5. The minimum absolute atomic E-state index is 0.0663. The molecule has 1 aromatic rings. The van der Waals surface area contributed by atoms with E-state index >= 15 is 0 Å². The number of rotatable bonds is 2. The summed E-state index contributed by atoms with van der Waals surface area (Å²) >= 11 is 5.29. The Morgan fingerprint density at radius 3 is 2.84 bits per heavy atom. The first-order valence-electron chi connectivity index (χ1n) is 6.51. The van der Waals surface area contributed by atoms with E-state index in [1.807, 2.05) is 28.8 Å². The van der Waals surface area contributed by atoms with Crippen molar-refractivity contribution in [1.82, 2.24) is 4.90 Å². The number of thioether (sulfide) groups is 1. The van der Waals surface area contributed by atoms with E-state index in [-0.39, 0.29) is 17.2 Å². The van der Waals surface area contributed by atoms with E-state index in [0.717, 1.165) is 29.8 Å². The molecule has 2 aliphatic heterocycles. The van der Waals surface area contributed by atoms with Crippen LogP contribution in [-0.4, -0.2) is 36.3 Å². The lowest BCUT2D eigenvalue weighted by Gasteiger charge is -2.26. The summed E-state index contributed by atoms with van der Waals surface area (Å²) in [6.45, 7) is 2.16. The Hall–Kier alpha value is -0.520. The number of halogens is 1. The number of hydrogen-bond acceptors (Lipinski definition) is 3. The summed E-state index contributed by atoms with van der Waals surface area (Å²) in [7, 11) is 0. The Bertz CT molecular complexity index is 459. The number of amides is 1. The minimum Gasteiger partial charge on any atom is -0.381 e. The molecule has 0 spiro atoms. The maximum Gasteiger partial charge on any atom is 0.229 e. The Labute approximate surface area is 125 Å². The quantitative estimate of drug-likeness (QED) is 0.827. The summed E-state index contributed by atoms with van der Waals surface area (Å²) in [4.78, 5) is 14.5. The average molecular weight is 342 g/mol. The summed E-state index contributed by atoms with van der Waals surface area (Å²) in [6, 6.07) is 8.27. The highest BCUT2D eigenvalue weighted by Crippen LogP contribution is 2.39. The molecule has 2 unspecified atom stereocenters. The van der Waals surface area contributed by atoms with Crippen LogP contribution in [0.25, 0.3) is 0 Å². The molecule has 2 saturated heterocycles. The molecule has 2 atom stereocenters. The molecule has 2 aliphatic rings. The van der Waals surface area contributed by atoms with Crippen LogP contribution < -0.4 is 0 Å². The van der Waals surface area contributed by atoms with Crippen LogP contribution in [0.5, 0.6) is 0 Å². The molecule has 0 saturated carbocycles. The number of nitrogens with zero attached hydrogens (tertiary/aromatic N) is 1. The van der Waals surface area contributed by atoms with E-state index in [0.29, 0.717) is 6.61 Å². The second-order valence-corrected chi connectivity index (χ2v) is 6.97. The third-order valence-corrected chi connectivity index (χ3v) is 5.40. The monoisotopic (exact) mass is 341 g/mol. The van der Waals surface area contributed by atoms with Crippen molar-refractivity contribution in [2.45, 2.75) is 11.8 Å². The van der Waals surface area contributed by atoms with Gasteiger partial charge in [0.2, 0.25) is 5.91 Å². The first kappa shape index (κ1) is 13.5. The van der Waals surface area contributed by atoms with Gasteiger partial charge in [-0.2, -0.15) is 0 Å². The van der Waals surface area contributed by atoms with Gasteiger partial charge in [0.05, 0.1) is 12.5 Å². The van der Waals surface area contributed by atoms with Crippen LogP contribution in [0.2, 0.25) is 0 Å². The van der Waals surface area contributed by atoms with Crippen LogP contribution in [0.1, 0.15) is 17.4 Å². The van der Waals surface area contributed by atoms with Crippen molar-refractivity contribution in [3.05, 3.63) is 34.3 Å². The Morgan fingerprint density at radius 1 is 1.37 bits per heavy atom. The van der Waals surface area contributed by atoms with Crippen molar-refractivity contribution in [3.63, 3.8) is 0 Å². The molecule has 3 rings (SSSR count). The highest BCUT2D eigenvalue weighted by molar-refractivity contribution is 9.10. The fourth-order valence-corrected chi connectivity index (χ4v) is 4.09. The number of ether oxygens (including phenoxy) is 1. The lowest BCUT2D eigenvalue weighted by atomic mass is 10.1. The molecule has 19 heavy (non-hydrogen) atoms. The first-order chi connectivity index (χ1) is 9.25. The van der Waals surface area contributed by atoms with Gasteiger partial charge in [-0.15, -0.1) is 11.8 Å². The van der Waals surface area contributed by atoms with Gasteiger partial charge in [0.15, 0.2) is 0 Å². The molecule has 0 aromatic heterocycles. The summed E-state index contributed by atoms with van der Waals surface area (Å²) in [5, 5.41) is 0.168. The van der Waals surface area contributed by atoms with Gasteiger partial charge < -0.3 is 9.64 Å². The van der Waals surface area contributed by atoms with Gasteiger partial charge in [0.1, 0.15) is 5.37 Å². The van der Waals surface area contributed by atoms with E-state index in [1.54, 1.807) is 0 Å². The highest BCUT2D eigenvalue weighted by atomic mass is 79.9. The van der Waals surface area contributed by atoms with Gasteiger partial charge in [-0.1, -0.05) is 28.1 Å². The van der Waals surface area contributed by atoms with Gasteiger partial charge in [-0.25, -0.2) is 0 Å². The molecule has 0 N–H and O–H groups in total. The van der Waals surface area contributed by atoms with Crippen LogP contribution >= 0.6 is 27.7 Å². The van der Waals surface area contributed by atoms with Gasteiger partial charge in [-0.05, 0) is 24.1 Å². The fraction of sp³-hybridized carbons (Fsp3) is 0.500. The van der Waals surface area contributed by atoms with Crippen LogP contribution in [0.4, 0.5) is 0 Å². The van der Waals surface area contributed by atoms with Crippen LogP contribution in [0.15, 0.2) is 28.7 Å². The van der Waals surface area contributed by atoms with E-state index < -0.39 is 0 Å². The SMILES string of the molecule is O=C(C1CCOC1)N1CCSC1c1ccc(Br)cc1. The Morgan fingerprint density at radius 2 is 2.16 bits per heavy atom. The summed E-state index contributed by atoms with van der Waals surface area (Å²) in [6.07, 6.45) is 0.868. The highest BCUT2D eigenvalue weighted by Gasteiger charge is 2.35. The fourth-order valence-electron chi connectivity index (χ4n) is 2.56.